The van der Waals surface area contributed by atoms with Gasteiger partial charge in [-0.3, -0.25) is 4.79 Å². The highest BCUT2D eigenvalue weighted by Gasteiger charge is 2.07. The number of aryl methyl sites for hydroxylation is 1. The largest absolute Gasteiger partial charge is 0.335 e. The lowest BCUT2D eigenvalue weighted by Gasteiger charge is -2.03. The fourth-order valence-corrected chi connectivity index (χ4v) is 1.77. The predicted molar refractivity (Wildman–Crippen MR) is 59.6 cm³/mol. The molecule has 78 valence electrons. The van der Waals surface area contributed by atoms with E-state index in [0.717, 1.165) is 18.1 Å². The van der Waals surface area contributed by atoms with Gasteiger partial charge in [0.1, 0.15) is 11.6 Å². The summed E-state index contributed by atoms with van der Waals surface area (Å²) >= 11 is 1.66. The van der Waals surface area contributed by atoms with E-state index in [0.29, 0.717) is 12.2 Å². The Morgan fingerprint density at radius 1 is 1.57 bits per heavy atom. The molecule has 0 aliphatic heterocycles. The molecule has 14 heavy (non-hydrogen) atoms. The van der Waals surface area contributed by atoms with Crippen LogP contribution in [0.25, 0.3) is 0 Å². The van der Waals surface area contributed by atoms with Crippen molar-refractivity contribution in [3.63, 3.8) is 0 Å². The molecule has 0 amide bonds. The molecule has 1 heterocycles. The number of hydrogen-bond acceptors (Lipinski definition) is 3. The van der Waals surface area contributed by atoms with Gasteiger partial charge in [-0.05, 0) is 12.7 Å². The van der Waals surface area contributed by atoms with E-state index in [9.17, 15) is 4.79 Å². The Bertz CT molecular complexity index is 296. The molecule has 0 saturated carbocycles. The van der Waals surface area contributed by atoms with Gasteiger partial charge in [-0.2, -0.15) is 11.8 Å². The third-order valence-corrected chi connectivity index (χ3v) is 2.90. The average Bonchev–Trinajstić information content (AvgIpc) is 2.62. The monoisotopic (exact) mass is 212 g/mol. The Balaban J connectivity index is 2.47. The summed E-state index contributed by atoms with van der Waals surface area (Å²) in [6.07, 6.45) is 4.13. The van der Waals surface area contributed by atoms with Gasteiger partial charge in [-0.1, -0.05) is 6.92 Å². The number of aromatic nitrogens is 2. The predicted octanol–water partition coefficient (Wildman–Crippen LogP) is 1.77. The van der Waals surface area contributed by atoms with Crippen molar-refractivity contribution in [2.45, 2.75) is 26.8 Å². The van der Waals surface area contributed by atoms with Crippen LogP contribution >= 0.6 is 11.8 Å². The minimum atomic E-state index is 0.262. The fraction of sp³-hybridized carbons (Fsp3) is 0.600. The number of ketones is 1. The number of Topliss-reactive ketones (excluding diaryl/α,β-unsaturated/α-hetero) is 1. The van der Waals surface area contributed by atoms with Gasteiger partial charge in [-0.25, -0.2) is 4.98 Å². The Labute approximate surface area is 88.9 Å². The van der Waals surface area contributed by atoms with Gasteiger partial charge in [0.15, 0.2) is 0 Å². The highest BCUT2D eigenvalue weighted by molar-refractivity contribution is 7.99. The van der Waals surface area contributed by atoms with Gasteiger partial charge in [0.2, 0.25) is 0 Å². The van der Waals surface area contributed by atoms with Gasteiger partial charge in [0.25, 0.3) is 0 Å². The Morgan fingerprint density at radius 3 is 3.00 bits per heavy atom. The van der Waals surface area contributed by atoms with Crippen LogP contribution in [-0.4, -0.2) is 26.8 Å². The van der Waals surface area contributed by atoms with E-state index in [2.05, 4.69) is 18.8 Å². The van der Waals surface area contributed by atoms with Crippen LogP contribution in [0.4, 0.5) is 0 Å². The molecule has 0 fully saturated rings. The zero-order valence-electron chi connectivity index (χ0n) is 8.69. The summed E-state index contributed by atoms with van der Waals surface area (Å²) in [4.78, 5) is 15.6. The Kier molecular flexibility index (Phi) is 4.73. The normalized spacial score (nSPS) is 10.4. The van der Waals surface area contributed by atoms with Crippen molar-refractivity contribution in [2.75, 3.05) is 11.5 Å². The van der Waals surface area contributed by atoms with Crippen molar-refractivity contribution < 1.29 is 4.79 Å². The van der Waals surface area contributed by atoms with Crippen LogP contribution in [0.2, 0.25) is 0 Å². The summed E-state index contributed by atoms with van der Waals surface area (Å²) in [5.41, 5.74) is 0. The third kappa shape index (κ3) is 3.18. The van der Waals surface area contributed by atoms with Gasteiger partial charge in [-0.15, -0.1) is 0 Å². The molecular formula is C10H16N2OS. The quantitative estimate of drug-likeness (QED) is 0.721. The Morgan fingerprint density at radius 2 is 2.36 bits per heavy atom. The van der Waals surface area contributed by atoms with Crippen molar-refractivity contribution in [3.8, 4) is 0 Å². The van der Waals surface area contributed by atoms with E-state index in [-0.39, 0.29) is 5.78 Å². The van der Waals surface area contributed by atoms with Gasteiger partial charge < -0.3 is 4.57 Å². The minimum absolute atomic E-state index is 0.262. The maximum atomic E-state index is 11.5. The highest BCUT2D eigenvalue weighted by Crippen LogP contribution is 2.04. The lowest BCUT2D eigenvalue weighted by molar-refractivity contribution is -0.116. The number of imidazole rings is 1. The van der Waals surface area contributed by atoms with E-state index in [1.165, 1.54) is 0 Å². The van der Waals surface area contributed by atoms with Crippen LogP contribution in [-0.2, 0) is 17.8 Å². The molecular weight excluding hydrogens is 196 g/mol. The first-order valence-electron chi connectivity index (χ1n) is 4.87. The van der Waals surface area contributed by atoms with Crippen molar-refractivity contribution >= 4 is 17.5 Å². The molecule has 0 spiro atoms. The first-order valence-corrected chi connectivity index (χ1v) is 6.02. The second kappa shape index (κ2) is 5.86. The van der Waals surface area contributed by atoms with Gasteiger partial charge in [0, 0.05) is 18.9 Å². The van der Waals surface area contributed by atoms with Crippen molar-refractivity contribution in [2.24, 2.45) is 0 Å². The fourth-order valence-electron chi connectivity index (χ4n) is 1.24. The molecule has 1 aromatic rings. The lowest BCUT2D eigenvalue weighted by atomic mass is 10.3. The summed E-state index contributed by atoms with van der Waals surface area (Å²) < 4.78 is 2.01. The lowest BCUT2D eigenvalue weighted by Crippen LogP contribution is -2.11. The second-order valence-electron chi connectivity index (χ2n) is 2.98. The molecule has 0 bridgehead atoms. The zero-order chi connectivity index (χ0) is 10.4. The number of hydrogen-bond donors (Lipinski definition) is 0. The standard InChI is InChI=1S/C10H16N2OS/c1-3-12-6-5-11-10(12)7-9(13)8-14-4-2/h5-6H,3-4,7-8H2,1-2H3. The molecule has 0 aliphatic rings. The maximum Gasteiger partial charge on any atom is 0.150 e. The van der Waals surface area contributed by atoms with Crippen LogP contribution in [0.5, 0.6) is 0 Å². The number of carbonyl (C=O) groups excluding carboxylic acids is 1. The number of carbonyl (C=O) groups is 1. The molecule has 0 saturated heterocycles. The molecule has 0 atom stereocenters. The summed E-state index contributed by atoms with van der Waals surface area (Å²) in [5, 5.41) is 0. The summed E-state index contributed by atoms with van der Waals surface area (Å²) in [7, 11) is 0. The summed E-state index contributed by atoms with van der Waals surface area (Å²) in [5.74, 6) is 2.74. The molecule has 0 radical (unpaired) electrons. The molecule has 4 heteroatoms. The zero-order valence-corrected chi connectivity index (χ0v) is 9.51. The minimum Gasteiger partial charge on any atom is -0.335 e. The van der Waals surface area contributed by atoms with Crippen molar-refractivity contribution in [3.05, 3.63) is 18.2 Å². The maximum absolute atomic E-state index is 11.5. The van der Waals surface area contributed by atoms with Crippen LogP contribution in [0, 0.1) is 0 Å². The number of thioether (sulfide) groups is 1. The van der Waals surface area contributed by atoms with Gasteiger partial charge >= 0.3 is 0 Å². The van der Waals surface area contributed by atoms with Crippen LogP contribution in [0.1, 0.15) is 19.7 Å². The molecule has 3 nitrogen and oxygen atoms in total. The van der Waals surface area contributed by atoms with Crippen LogP contribution in [0.15, 0.2) is 12.4 Å². The highest BCUT2D eigenvalue weighted by atomic mass is 32.2. The van der Waals surface area contributed by atoms with E-state index >= 15 is 0 Å². The topological polar surface area (TPSA) is 34.9 Å². The third-order valence-electron chi connectivity index (χ3n) is 1.96. The van der Waals surface area contributed by atoms with E-state index in [1.54, 1.807) is 18.0 Å². The van der Waals surface area contributed by atoms with E-state index in [4.69, 9.17) is 0 Å². The first kappa shape index (κ1) is 11.3. The SMILES string of the molecule is CCSCC(=O)Cc1nccn1CC. The number of rotatable bonds is 6. The molecule has 0 unspecified atom stereocenters. The molecule has 1 rings (SSSR count). The molecule has 0 aromatic carbocycles. The van der Waals surface area contributed by atoms with E-state index < -0.39 is 0 Å². The molecule has 0 aliphatic carbocycles. The Hall–Kier alpha value is -0.770. The summed E-state index contributed by atoms with van der Waals surface area (Å²) in [6, 6.07) is 0. The summed E-state index contributed by atoms with van der Waals surface area (Å²) in [6.45, 7) is 4.99. The second-order valence-corrected chi connectivity index (χ2v) is 4.26. The smallest absolute Gasteiger partial charge is 0.150 e. The van der Waals surface area contributed by atoms with Crippen molar-refractivity contribution in [1.29, 1.82) is 0 Å². The average molecular weight is 212 g/mol. The first-order chi connectivity index (χ1) is 6.77. The number of nitrogens with zero attached hydrogens (tertiary/aromatic N) is 2. The van der Waals surface area contributed by atoms with E-state index in [1.807, 2.05) is 10.8 Å². The molecule has 1 aromatic heterocycles. The molecule has 0 N–H and O–H groups in total. The van der Waals surface area contributed by atoms with Crippen LogP contribution < -0.4 is 0 Å². The van der Waals surface area contributed by atoms with Crippen molar-refractivity contribution in [1.82, 2.24) is 9.55 Å². The van der Waals surface area contributed by atoms with Gasteiger partial charge in [0.05, 0.1) is 12.2 Å². The van der Waals surface area contributed by atoms with Crippen LogP contribution in [0.3, 0.4) is 0 Å².